The number of aromatic amines is 1. The summed E-state index contributed by atoms with van der Waals surface area (Å²) in [4.78, 5) is 26.5. The molecule has 6 nitrogen and oxygen atoms in total. The summed E-state index contributed by atoms with van der Waals surface area (Å²) in [7, 11) is 1.62. The molecule has 1 fully saturated rings. The SMILES string of the molecule is CCN1c2cc(F)c(/C=C3/SC(=Nc4ccc(OC)cc4)N(CCc4c[nH]c5ccccc45)C3=O)cc2C(C)CC1(C)C. The minimum Gasteiger partial charge on any atom is -0.497 e. The molecule has 0 aliphatic carbocycles. The van der Waals surface area contributed by atoms with Crippen molar-refractivity contribution in [3.8, 4) is 5.75 Å². The molecule has 222 valence electrons. The molecule has 0 radical (unpaired) electrons. The van der Waals surface area contributed by atoms with E-state index in [-0.39, 0.29) is 23.2 Å². The van der Waals surface area contributed by atoms with E-state index >= 15 is 4.39 Å². The summed E-state index contributed by atoms with van der Waals surface area (Å²) in [6.07, 6.45) is 5.32. The molecule has 1 atom stereocenters. The number of benzene rings is 3. The maximum atomic E-state index is 15.7. The second-order valence-corrected chi connectivity index (χ2v) is 12.9. The highest BCUT2D eigenvalue weighted by atomic mass is 32.2. The van der Waals surface area contributed by atoms with E-state index < -0.39 is 0 Å². The van der Waals surface area contributed by atoms with E-state index in [0.29, 0.717) is 34.3 Å². The zero-order chi connectivity index (χ0) is 30.3. The minimum absolute atomic E-state index is 0.0526. The lowest BCUT2D eigenvalue weighted by Gasteiger charge is -2.47. The molecule has 1 amide bonds. The number of amidine groups is 1. The Balaban J connectivity index is 1.35. The Hall–Kier alpha value is -4.04. The van der Waals surface area contributed by atoms with Crippen molar-refractivity contribution in [1.82, 2.24) is 9.88 Å². The smallest absolute Gasteiger partial charge is 0.266 e. The number of aliphatic imine (C=N–C) groups is 1. The first-order valence-corrected chi connectivity index (χ1v) is 15.6. The van der Waals surface area contributed by atoms with Gasteiger partial charge in [-0.1, -0.05) is 25.1 Å². The van der Waals surface area contributed by atoms with Crippen LogP contribution >= 0.6 is 11.8 Å². The summed E-state index contributed by atoms with van der Waals surface area (Å²) >= 11 is 1.29. The van der Waals surface area contributed by atoms with Gasteiger partial charge in [0.25, 0.3) is 5.91 Å². The summed E-state index contributed by atoms with van der Waals surface area (Å²) in [5.74, 6) is 0.517. The van der Waals surface area contributed by atoms with Gasteiger partial charge in [0.2, 0.25) is 0 Å². The fourth-order valence-corrected chi connectivity index (χ4v) is 7.51. The van der Waals surface area contributed by atoms with Gasteiger partial charge in [-0.05, 0) is 111 Å². The second-order valence-electron chi connectivity index (χ2n) is 11.9. The number of halogens is 1. The van der Waals surface area contributed by atoms with Gasteiger partial charge in [-0.15, -0.1) is 0 Å². The Kier molecular flexibility index (Phi) is 7.81. The Bertz CT molecular complexity index is 1740. The van der Waals surface area contributed by atoms with E-state index in [1.54, 1.807) is 24.2 Å². The lowest BCUT2D eigenvalue weighted by Crippen LogP contribution is -2.48. The van der Waals surface area contributed by atoms with Crippen molar-refractivity contribution in [3.05, 3.63) is 94.3 Å². The molecule has 6 rings (SSSR count). The van der Waals surface area contributed by atoms with Crippen LogP contribution in [0, 0.1) is 5.82 Å². The first kappa shape index (κ1) is 29.1. The van der Waals surface area contributed by atoms with Crippen LogP contribution in [0.15, 0.2) is 76.8 Å². The predicted octanol–water partition coefficient (Wildman–Crippen LogP) is 8.27. The molecule has 1 unspecified atom stereocenters. The standard InChI is InChI=1S/C35H37FN4O2S/c1-6-40-31-19-29(36)24(17-28(31)22(2)20-35(40,3)4)18-32-33(41)39(16-15-23-21-37-30-10-8-7-9-27(23)30)34(43-32)38-25-11-13-26(42-5)14-12-25/h7-14,17-19,21-22,37H,6,15-16,20H2,1-5H3/b32-18+,38-34?. The van der Waals surface area contributed by atoms with Crippen LogP contribution in [0.3, 0.4) is 0 Å². The molecule has 3 aromatic carbocycles. The number of rotatable bonds is 7. The van der Waals surface area contributed by atoms with Crippen LogP contribution in [-0.2, 0) is 11.2 Å². The number of hydrogen-bond acceptors (Lipinski definition) is 5. The Morgan fingerprint density at radius 2 is 1.93 bits per heavy atom. The van der Waals surface area contributed by atoms with Crippen molar-refractivity contribution >= 4 is 51.2 Å². The third-order valence-corrected chi connectivity index (χ3v) is 9.58. The number of H-pyrrole nitrogens is 1. The number of methoxy groups -OCH3 is 1. The van der Waals surface area contributed by atoms with Gasteiger partial charge in [-0.3, -0.25) is 9.69 Å². The van der Waals surface area contributed by atoms with Crippen LogP contribution in [0.1, 0.15) is 56.7 Å². The molecule has 1 aromatic heterocycles. The molecular weight excluding hydrogens is 559 g/mol. The molecular formula is C35H37FN4O2S. The van der Waals surface area contributed by atoms with Gasteiger partial charge in [0.05, 0.1) is 17.7 Å². The summed E-state index contributed by atoms with van der Waals surface area (Å²) in [6, 6.07) is 19.1. The van der Waals surface area contributed by atoms with Crippen molar-refractivity contribution < 1.29 is 13.9 Å². The molecule has 0 saturated carbocycles. The number of nitrogens with zero attached hydrogens (tertiary/aromatic N) is 3. The fraction of sp³-hybridized carbons (Fsp3) is 0.314. The largest absolute Gasteiger partial charge is 0.497 e. The molecule has 43 heavy (non-hydrogen) atoms. The lowest BCUT2D eigenvalue weighted by molar-refractivity contribution is -0.122. The van der Waals surface area contributed by atoms with Crippen LogP contribution in [0.25, 0.3) is 17.0 Å². The maximum absolute atomic E-state index is 15.7. The van der Waals surface area contributed by atoms with Crippen molar-refractivity contribution in [1.29, 1.82) is 0 Å². The van der Waals surface area contributed by atoms with Gasteiger partial charge in [0.1, 0.15) is 11.6 Å². The number of nitrogens with one attached hydrogen (secondary N) is 1. The number of ether oxygens (including phenoxy) is 1. The molecule has 8 heteroatoms. The number of amides is 1. The van der Waals surface area contributed by atoms with Crippen molar-refractivity contribution in [2.45, 2.75) is 52.0 Å². The van der Waals surface area contributed by atoms with Crippen LogP contribution in [0.4, 0.5) is 15.8 Å². The molecule has 2 aliphatic rings. The molecule has 4 aromatic rings. The minimum atomic E-state index is -0.325. The topological polar surface area (TPSA) is 60.9 Å². The van der Waals surface area contributed by atoms with Gasteiger partial charge < -0.3 is 14.6 Å². The van der Waals surface area contributed by atoms with Gasteiger partial charge in [-0.2, -0.15) is 0 Å². The van der Waals surface area contributed by atoms with E-state index in [9.17, 15) is 4.79 Å². The van der Waals surface area contributed by atoms with Gasteiger partial charge in [-0.25, -0.2) is 9.38 Å². The zero-order valence-corrected chi connectivity index (χ0v) is 26.1. The number of fused-ring (bicyclic) bond motifs is 2. The van der Waals surface area contributed by atoms with E-state index in [1.165, 1.54) is 11.8 Å². The number of anilines is 1. The summed E-state index contributed by atoms with van der Waals surface area (Å²) in [5.41, 5.74) is 5.35. The second kappa shape index (κ2) is 11.6. The first-order chi connectivity index (χ1) is 20.7. The molecule has 3 heterocycles. The van der Waals surface area contributed by atoms with Gasteiger partial charge in [0.15, 0.2) is 5.17 Å². The average Bonchev–Trinajstić information content (AvgIpc) is 3.52. The lowest BCUT2D eigenvalue weighted by atomic mass is 9.79. The van der Waals surface area contributed by atoms with Gasteiger partial charge in [0, 0.05) is 47.0 Å². The monoisotopic (exact) mass is 596 g/mol. The molecule has 0 bridgehead atoms. The highest BCUT2D eigenvalue weighted by Crippen LogP contribution is 2.45. The average molecular weight is 597 g/mol. The number of para-hydroxylation sites is 1. The summed E-state index contributed by atoms with van der Waals surface area (Å²) in [5, 5.41) is 1.72. The predicted molar refractivity (Wildman–Crippen MR) is 176 cm³/mol. The van der Waals surface area contributed by atoms with E-state index in [1.807, 2.05) is 54.7 Å². The number of carbonyl (C=O) groups is 1. The highest BCUT2D eigenvalue weighted by Gasteiger charge is 2.37. The van der Waals surface area contributed by atoms with Crippen LogP contribution in [-0.4, -0.2) is 46.7 Å². The van der Waals surface area contributed by atoms with E-state index in [0.717, 1.165) is 46.4 Å². The molecule has 0 spiro atoms. The molecule has 1 saturated heterocycles. The Labute approximate surface area is 256 Å². The number of hydrogen-bond donors (Lipinski definition) is 1. The van der Waals surface area contributed by atoms with E-state index in [2.05, 4.69) is 43.6 Å². The zero-order valence-electron chi connectivity index (χ0n) is 25.3. The van der Waals surface area contributed by atoms with Gasteiger partial charge >= 0.3 is 0 Å². The number of thioether (sulfide) groups is 1. The van der Waals surface area contributed by atoms with Crippen molar-refractivity contribution in [3.63, 3.8) is 0 Å². The third kappa shape index (κ3) is 5.56. The first-order valence-electron chi connectivity index (χ1n) is 14.8. The summed E-state index contributed by atoms with van der Waals surface area (Å²) < 4.78 is 21.0. The number of carbonyl (C=O) groups excluding carboxylic acids is 1. The third-order valence-electron chi connectivity index (χ3n) is 8.57. The van der Waals surface area contributed by atoms with Crippen LogP contribution in [0.5, 0.6) is 5.75 Å². The Morgan fingerprint density at radius 3 is 2.67 bits per heavy atom. The van der Waals surface area contributed by atoms with Crippen molar-refractivity contribution in [2.75, 3.05) is 25.1 Å². The van der Waals surface area contributed by atoms with Crippen molar-refractivity contribution in [2.24, 2.45) is 4.99 Å². The quantitative estimate of drug-likeness (QED) is 0.218. The molecule has 1 N–H and O–H groups in total. The maximum Gasteiger partial charge on any atom is 0.266 e. The van der Waals surface area contributed by atoms with Crippen LogP contribution in [0.2, 0.25) is 0 Å². The fourth-order valence-electron chi connectivity index (χ4n) is 6.50. The van der Waals surface area contributed by atoms with Crippen LogP contribution < -0.4 is 9.64 Å². The number of aromatic nitrogens is 1. The molecule has 2 aliphatic heterocycles. The Morgan fingerprint density at radius 1 is 1.16 bits per heavy atom. The summed E-state index contributed by atoms with van der Waals surface area (Å²) in [6.45, 7) is 9.99. The van der Waals surface area contributed by atoms with E-state index in [4.69, 9.17) is 9.73 Å². The normalized spacial score (nSPS) is 20.0. The highest BCUT2D eigenvalue weighted by molar-refractivity contribution is 8.18.